The van der Waals surface area contributed by atoms with Gasteiger partial charge in [-0.3, -0.25) is 5.32 Å². The number of nitrogens with one attached hydrogen (secondary N) is 1. The summed E-state index contributed by atoms with van der Waals surface area (Å²) in [6, 6.07) is 4.21. The van der Waals surface area contributed by atoms with E-state index in [-0.39, 0.29) is 17.9 Å². The van der Waals surface area contributed by atoms with Gasteiger partial charge in [-0.05, 0) is 31.0 Å². The van der Waals surface area contributed by atoms with Crippen LogP contribution in [0.15, 0.2) is 18.2 Å². The number of ether oxygens (including phenoxy) is 4. The van der Waals surface area contributed by atoms with Crippen LogP contribution in [0, 0.1) is 0 Å². The fourth-order valence-electron chi connectivity index (χ4n) is 2.26. The maximum atomic E-state index is 12.0. The summed E-state index contributed by atoms with van der Waals surface area (Å²) in [7, 11) is 1.21. The van der Waals surface area contributed by atoms with Crippen LogP contribution in [0.5, 0.6) is 5.75 Å². The summed E-state index contributed by atoms with van der Waals surface area (Å²) >= 11 is 0. The molecule has 0 spiro atoms. The molecule has 156 valence electrons. The normalized spacial score (nSPS) is 10.1. The molecule has 1 aromatic rings. The van der Waals surface area contributed by atoms with Crippen LogP contribution in [0.25, 0.3) is 0 Å². The van der Waals surface area contributed by atoms with E-state index in [1.165, 1.54) is 25.3 Å². The summed E-state index contributed by atoms with van der Waals surface area (Å²) in [6.07, 6.45) is 3.92. The zero-order chi connectivity index (χ0) is 20.8. The third-order valence-corrected chi connectivity index (χ3v) is 3.77. The van der Waals surface area contributed by atoms with E-state index in [0.29, 0.717) is 12.3 Å². The Labute approximate surface area is 165 Å². The molecule has 1 rings (SSSR count). The number of amides is 1. The lowest BCUT2D eigenvalue weighted by Gasteiger charge is -2.12. The Kier molecular flexibility index (Phi) is 11.1. The quantitative estimate of drug-likeness (QED) is 0.246. The van der Waals surface area contributed by atoms with Crippen LogP contribution in [-0.2, 0) is 14.2 Å². The maximum absolute atomic E-state index is 12.0. The molecule has 0 saturated carbocycles. The smallest absolute Gasteiger partial charge is 0.465 e. The molecule has 0 aliphatic carbocycles. The van der Waals surface area contributed by atoms with Gasteiger partial charge in [0.05, 0.1) is 20.3 Å². The van der Waals surface area contributed by atoms with Crippen molar-refractivity contribution in [3.63, 3.8) is 0 Å². The first-order valence-corrected chi connectivity index (χ1v) is 9.52. The largest absolute Gasteiger partial charge is 0.513 e. The topological polar surface area (TPSA) is 100 Å². The Bertz CT molecular complexity index is 645. The van der Waals surface area contributed by atoms with Gasteiger partial charge in [0.15, 0.2) is 0 Å². The van der Waals surface area contributed by atoms with Crippen LogP contribution in [0.1, 0.15) is 62.7 Å². The van der Waals surface area contributed by atoms with Crippen molar-refractivity contribution < 1.29 is 33.3 Å². The van der Waals surface area contributed by atoms with E-state index in [9.17, 15) is 14.4 Å². The molecule has 0 atom stereocenters. The van der Waals surface area contributed by atoms with Crippen LogP contribution in [0.4, 0.5) is 15.3 Å². The van der Waals surface area contributed by atoms with Gasteiger partial charge in [0.1, 0.15) is 11.3 Å². The molecule has 0 aromatic heterocycles. The number of hydrogen-bond acceptors (Lipinski definition) is 7. The molecule has 8 heteroatoms. The van der Waals surface area contributed by atoms with E-state index in [1.807, 2.05) is 6.92 Å². The van der Waals surface area contributed by atoms with Gasteiger partial charge in [0.25, 0.3) is 0 Å². The molecule has 0 aliphatic rings. The molecular weight excluding hydrogens is 366 g/mol. The first-order chi connectivity index (χ1) is 13.5. The van der Waals surface area contributed by atoms with Crippen LogP contribution >= 0.6 is 0 Å². The molecular formula is C20H29NO7. The third kappa shape index (κ3) is 8.75. The van der Waals surface area contributed by atoms with E-state index >= 15 is 0 Å². The average molecular weight is 395 g/mol. The number of rotatable bonds is 11. The van der Waals surface area contributed by atoms with Gasteiger partial charge in [-0.2, -0.15) is 0 Å². The predicted molar refractivity (Wildman–Crippen MR) is 104 cm³/mol. The lowest BCUT2D eigenvalue weighted by molar-refractivity contribution is 0.0594. The summed E-state index contributed by atoms with van der Waals surface area (Å²) in [6.45, 7) is 4.65. The highest BCUT2D eigenvalue weighted by molar-refractivity contribution is 5.95. The van der Waals surface area contributed by atoms with Gasteiger partial charge >= 0.3 is 18.2 Å². The van der Waals surface area contributed by atoms with Gasteiger partial charge in [0.2, 0.25) is 0 Å². The molecule has 0 heterocycles. The standard InChI is InChI=1S/C20H29NO7/c1-4-6-8-12-26-19(23)21-15-10-11-17(16(14-15)18(22)25-3)28-20(24)27-13-9-7-5-2/h10-11,14H,4-9,12-13H2,1-3H3,(H,21,23). The molecule has 0 saturated heterocycles. The molecule has 0 unspecified atom stereocenters. The predicted octanol–water partition coefficient (Wildman–Crippen LogP) is 4.92. The second-order valence-electron chi connectivity index (χ2n) is 6.08. The summed E-state index contributed by atoms with van der Waals surface area (Å²) < 4.78 is 19.8. The van der Waals surface area contributed by atoms with Crippen molar-refractivity contribution in [2.75, 3.05) is 25.6 Å². The third-order valence-electron chi connectivity index (χ3n) is 3.77. The lowest BCUT2D eigenvalue weighted by Crippen LogP contribution is -2.16. The molecule has 1 amide bonds. The number of benzene rings is 1. The summed E-state index contributed by atoms with van der Waals surface area (Å²) in [5.41, 5.74) is 0.293. The fourth-order valence-corrected chi connectivity index (χ4v) is 2.26. The number of esters is 1. The highest BCUT2D eigenvalue weighted by atomic mass is 16.7. The number of methoxy groups -OCH3 is 1. The van der Waals surface area contributed by atoms with Gasteiger partial charge in [-0.15, -0.1) is 0 Å². The number of anilines is 1. The SMILES string of the molecule is CCCCCOC(=O)Nc1ccc(OC(=O)OCCCCC)c(C(=O)OC)c1. The van der Waals surface area contributed by atoms with Gasteiger partial charge in [0, 0.05) is 5.69 Å². The average Bonchev–Trinajstić information content (AvgIpc) is 2.69. The second-order valence-corrected chi connectivity index (χ2v) is 6.08. The van der Waals surface area contributed by atoms with Crippen molar-refractivity contribution in [3.8, 4) is 5.75 Å². The van der Waals surface area contributed by atoms with Crippen LogP contribution < -0.4 is 10.1 Å². The fraction of sp³-hybridized carbons (Fsp3) is 0.550. The molecule has 1 aromatic carbocycles. The van der Waals surface area contributed by atoms with Crippen molar-refractivity contribution >= 4 is 23.9 Å². The summed E-state index contributed by atoms with van der Waals surface area (Å²) in [5, 5.41) is 2.53. The van der Waals surface area contributed by atoms with Crippen molar-refractivity contribution in [1.29, 1.82) is 0 Å². The summed E-state index contributed by atoms with van der Waals surface area (Å²) in [4.78, 5) is 35.6. The zero-order valence-corrected chi connectivity index (χ0v) is 16.7. The molecule has 0 fully saturated rings. The van der Waals surface area contributed by atoms with E-state index in [4.69, 9.17) is 18.9 Å². The Morgan fingerprint density at radius 3 is 2.18 bits per heavy atom. The number of hydrogen-bond donors (Lipinski definition) is 1. The molecule has 0 bridgehead atoms. The van der Waals surface area contributed by atoms with Crippen molar-refractivity contribution in [3.05, 3.63) is 23.8 Å². The monoisotopic (exact) mass is 395 g/mol. The first-order valence-electron chi connectivity index (χ1n) is 9.52. The van der Waals surface area contributed by atoms with E-state index in [1.54, 1.807) is 0 Å². The minimum absolute atomic E-state index is 0.0169. The second kappa shape index (κ2) is 13.4. The van der Waals surface area contributed by atoms with Crippen molar-refractivity contribution in [2.24, 2.45) is 0 Å². The van der Waals surface area contributed by atoms with Crippen LogP contribution in [-0.4, -0.2) is 38.5 Å². The maximum Gasteiger partial charge on any atom is 0.513 e. The molecule has 8 nitrogen and oxygen atoms in total. The van der Waals surface area contributed by atoms with E-state index < -0.39 is 18.2 Å². The zero-order valence-electron chi connectivity index (χ0n) is 16.7. The van der Waals surface area contributed by atoms with Gasteiger partial charge < -0.3 is 18.9 Å². The summed E-state index contributed by atoms with van der Waals surface area (Å²) in [5.74, 6) is -0.733. The Balaban J connectivity index is 2.72. The van der Waals surface area contributed by atoms with Gasteiger partial charge in [-0.1, -0.05) is 39.5 Å². The van der Waals surface area contributed by atoms with Crippen LogP contribution in [0.3, 0.4) is 0 Å². The Morgan fingerprint density at radius 1 is 0.929 bits per heavy atom. The Morgan fingerprint density at radius 2 is 1.57 bits per heavy atom. The lowest BCUT2D eigenvalue weighted by atomic mass is 10.2. The highest BCUT2D eigenvalue weighted by Crippen LogP contribution is 2.24. The first kappa shape index (κ1) is 23.3. The highest BCUT2D eigenvalue weighted by Gasteiger charge is 2.18. The van der Waals surface area contributed by atoms with E-state index in [0.717, 1.165) is 38.5 Å². The minimum atomic E-state index is -0.905. The number of carbonyl (C=O) groups is 3. The molecule has 28 heavy (non-hydrogen) atoms. The van der Waals surface area contributed by atoms with E-state index in [2.05, 4.69) is 12.2 Å². The Hall–Kier alpha value is -2.77. The minimum Gasteiger partial charge on any atom is -0.465 e. The van der Waals surface area contributed by atoms with Crippen molar-refractivity contribution in [1.82, 2.24) is 0 Å². The van der Waals surface area contributed by atoms with Crippen molar-refractivity contribution in [2.45, 2.75) is 52.4 Å². The van der Waals surface area contributed by atoms with Gasteiger partial charge in [-0.25, -0.2) is 14.4 Å². The van der Waals surface area contributed by atoms with Crippen LogP contribution in [0.2, 0.25) is 0 Å². The molecule has 0 radical (unpaired) electrons. The number of unbranched alkanes of at least 4 members (excludes halogenated alkanes) is 4. The molecule has 1 N–H and O–H groups in total. The molecule has 0 aliphatic heterocycles. The number of carbonyl (C=O) groups excluding carboxylic acids is 3.